The van der Waals surface area contributed by atoms with E-state index in [2.05, 4.69) is 35.4 Å². The first-order valence-corrected chi connectivity index (χ1v) is 6.04. The van der Waals surface area contributed by atoms with Crippen LogP contribution in [0.3, 0.4) is 0 Å². The van der Waals surface area contributed by atoms with Crippen LogP contribution in [0.15, 0.2) is 24.4 Å². The van der Waals surface area contributed by atoms with Gasteiger partial charge in [-0.1, -0.05) is 12.5 Å². The minimum Gasteiger partial charge on any atom is -0.311 e. The summed E-state index contributed by atoms with van der Waals surface area (Å²) in [5, 5.41) is 3.41. The summed E-state index contributed by atoms with van der Waals surface area (Å²) >= 11 is 0. The Hall–Kier alpha value is -0.930. The normalized spacial score (nSPS) is 10.9. The number of hydrogen-bond donors (Lipinski definition) is 1. The van der Waals surface area contributed by atoms with Gasteiger partial charge in [-0.25, -0.2) is 0 Å². The predicted molar refractivity (Wildman–Crippen MR) is 68.3 cm³/mol. The Labute approximate surface area is 98.9 Å². The van der Waals surface area contributed by atoms with Gasteiger partial charge in [-0.2, -0.15) is 0 Å². The molecule has 1 aromatic heterocycles. The van der Waals surface area contributed by atoms with Crippen LogP contribution < -0.4 is 5.32 Å². The Morgan fingerprint density at radius 1 is 1.19 bits per heavy atom. The molecule has 1 N–H and O–H groups in total. The molecule has 0 spiro atoms. The first kappa shape index (κ1) is 13.1. The smallest absolute Gasteiger partial charge is 0.0541 e. The second kappa shape index (κ2) is 8.25. The summed E-state index contributed by atoms with van der Waals surface area (Å²) in [6.07, 6.45) is 5.68. The van der Waals surface area contributed by atoms with Crippen LogP contribution >= 0.6 is 0 Å². The molecule has 0 aliphatic carbocycles. The molecule has 1 rings (SSSR count). The summed E-state index contributed by atoms with van der Waals surface area (Å²) in [5.74, 6) is 0. The molecule has 0 amide bonds. The van der Waals surface area contributed by atoms with Gasteiger partial charge >= 0.3 is 0 Å². The van der Waals surface area contributed by atoms with Gasteiger partial charge in [0, 0.05) is 12.7 Å². The minimum absolute atomic E-state index is 0.883. The van der Waals surface area contributed by atoms with Crippen molar-refractivity contribution in [3.8, 4) is 0 Å². The molecule has 0 aliphatic heterocycles. The average Bonchev–Trinajstić information content (AvgIpc) is 2.29. The lowest BCUT2D eigenvalue weighted by molar-refractivity contribution is 0.390. The highest BCUT2D eigenvalue weighted by Gasteiger charge is 1.93. The largest absolute Gasteiger partial charge is 0.311 e. The second-order valence-corrected chi connectivity index (χ2v) is 4.36. The third-order valence-corrected chi connectivity index (χ3v) is 2.49. The fourth-order valence-corrected chi connectivity index (χ4v) is 1.57. The molecule has 16 heavy (non-hydrogen) atoms. The van der Waals surface area contributed by atoms with Crippen LogP contribution in [0.1, 0.15) is 25.0 Å². The lowest BCUT2D eigenvalue weighted by atomic mass is 10.2. The van der Waals surface area contributed by atoms with Crippen LogP contribution in [0.25, 0.3) is 0 Å². The van der Waals surface area contributed by atoms with Gasteiger partial charge in [-0.05, 0) is 52.2 Å². The highest BCUT2D eigenvalue weighted by Crippen LogP contribution is 1.96. The molecule has 90 valence electrons. The van der Waals surface area contributed by atoms with E-state index in [1.165, 1.54) is 25.8 Å². The van der Waals surface area contributed by atoms with Gasteiger partial charge in [0.25, 0.3) is 0 Å². The van der Waals surface area contributed by atoms with Crippen LogP contribution in [-0.4, -0.2) is 37.1 Å². The maximum atomic E-state index is 4.27. The van der Waals surface area contributed by atoms with Crippen molar-refractivity contribution >= 4 is 0 Å². The molecular formula is C13H23N3. The number of rotatable bonds is 8. The van der Waals surface area contributed by atoms with Gasteiger partial charge in [0.05, 0.1) is 5.69 Å². The van der Waals surface area contributed by atoms with Crippen LogP contribution in [0, 0.1) is 0 Å². The topological polar surface area (TPSA) is 28.2 Å². The molecule has 0 fully saturated rings. The zero-order chi connectivity index (χ0) is 11.6. The van der Waals surface area contributed by atoms with Crippen molar-refractivity contribution < 1.29 is 0 Å². The van der Waals surface area contributed by atoms with E-state index < -0.39 is 0 Å². The maximum Gasteiger partial charge on any atom is 0.0541 e. The zero-order valence-corrected chi connectivity index (χ0v) is 10.4. The first-order chi connectivity index (χ1) is 7.79. The van der Waals surface area contributed by atoms with Crippen molar-refractivity contribution in [1.29, 1.82) is 0 Å². The quantitative estimate of drug-likeness (QED) is 0.680. The van der Waals surface area contributed by atoms with Gasteiger partial charge in [0.1, 0.15) is 0 Å². The summed E-state index contributed by atoms with van der Waals surface area (Å²) in [7, 11) is 4.25. The Kier molecular flexibility index (Phi) is 6.77. The van der Waals surface area contributed by atoms with Gasteiger partial charge in [0.2, 0.25) is 0 Å². The van der Waals surface area contributed by atoms with E-state index in [-0.39, 0.29) is 0 Å². The molecule has 0 saturated carbocycles. The Bertz CT molecular complexity index is 259. The van der Waals surface area contributed by atoms with Crippen LogP contribution in [0.5, 0.6) is 0 Å². The lowest BCUT2D eigenvalue weighted by Crippen LogP contribution is -2.16. The van der Waals surface area contributed by atoms with E-state index in [0.717, 1.165) is 18.8 Å². The maximum absolute atomic E-state index is 4.27. The highest BCUT2D eigenvalue weighted by molar-refractivity contribution is 5.02. The summed E-state index contributed by atoms with van der Waals surface area (Å²) < 4.78 is 0. The third-order valence-electron chi connectivity index (χ3n) is 2.49. The molecule has 1 heterocycles. The summed E-state index contributed by atoms with van der Waals surface area (Å²) in [6.45, 7) is 3.17. The van der Waals surface area contributed by atoms with Crippen molar-refractivity contribution in [3.05, 3.63) is 30.1 Å². The Morgan fingerprint density at radius 2 is 2.06 bits per heavy atom. The van der Waals surface area contributed by atoms with E-state index in [4.69, 9.17) is 0 Å². The number of nitrogens with zero attached hydrogens (tertiary/aromatic N) is 2. The molecule has 0 aliphatic rings. The Morgan fingerprint density at radius 3 is 2.75 bits per heavy atom. The third kappa shape index (κ3) is 6.53. The number of aromatic nitrogens is 1. The fraction of sp³-hybridized carbons (Fsp3) is 0.615. The molecule has 0 radical (unpaired) electrons. The highest BCUT2D eigenvalue weighted by atomic mass is 15.0. The molecule has 0 unspecified atom stereocenters. The molecule has 0 aromatic carbocycles. The van der Waals surface area contributed by atoms with Crippen molar-refractivity contribution in [2.75, 3.05) is 27.2 Å². The van der Waals surface area contributed by atoms with E-state index in [1.54, 1.807) is 0 Å². The minimum atomic E-state index is 0.883. The predicted octanol–water partition coefficient (Wildman–Crippen LogP) is 1.90. The molecule has 0 atom stereocenters. The Balaban J connectivity index is 1.93. The van der Waals surface area contributed by atoms with E-state index in [1.807, 2.05) is 18.3 Å². The van der Waals surface area contributed by atoms with Crippen molar-refractivity contribution in [2.45, 2.75) is 25.8 Å². The van der Waals surface area contributed by atoms with E-state index in [9.17, 15) is 0 Å². The average molecular weight is 221 g/mol. The summed E-state index contributed by atoms with van der Waals surface area (Å²) in [4.78, 5) is 6.50. The zero-order valence-electron chi connectivity index (χ0n) is 10.4. The molecule has 3 heteroatoms. The van der Waals surface area contributed by atoms with Crippen molar-refractivity contribution in [1.82, 2.24) is 15.2 Å². The van der Waals surface area contributed by atoms with Gasteiger partial charge in [-0.15, -0.1) is 0 Å². The second-order valence-electron chi connectivity index (χ2n) is 4.36. The number of unbranched alkanes of at least 4 members (excludes halogenated alkanes) is 2. The van der Waals surface area contributed by atoms with E-state index >= 15 is 0 Å². The number of pyridine rings is 1. The van der Waals surface area contributed by atoms with Gasteiger partial charge < -0.3 is 10.2 Å². The first-order valence-electron chi connectivity index (χ1n) is 6.04. The van der Waals surface area contributed by atoms with E-state index in [0.29, 0.717) is 0 Å². The lowest BCUT2D eigenvalue weighted by Gasteiger charge is -2.08. The molecular weight excluding hydrogens is 198 g/mol. The summed E-state index contributed by atoms with van der Waals surface area (Å²) in [6, 6.07) is 6.03. The number of nitrogens with one attached hydrogen (secondary N) is 1. The van der Waals surface area contributed by atoms with Crippen LogP contribution in [0.2, 0.25) is 0 Å². The van der Waals surface area contributed by atoms with Crippen molar-refractivity contribution in [2.24, 2.45) is 0 Å². The monoisotopic (exact) mass is 221 g/mol. The van der Waals surface area contributed by atoms with Crippen LogP contribution in [-0.2, 0) is 6.54 Å². The fourth-order valence-electron chi connectivity index (χ4n) is 1.57. The SMILES string of the molecule is CN(C)CCCCCNCc1ccccn1. The van der Waals surface area contributed by atoms with Gasteiger partial charge in [-0.3, -0.25) is 4.98 Å². The van der Waals surface area contributed by atoms with Gasteiger partial charge in [0.15, 0.2) is 0 Å². The molecule has 1 aromatic rings. The molecule has 0 saturated heterocycles. The standard InChI is InChI=1S/C13H23N3/c1-16(2)11-7-3-5-9-14-12-13-8-4-6-10-15-13/h4,6,8,10,14H,3,5,7,9,11-12H2,1-2H3. The van der Waals surface area contributed by atoms with Crippen LogP contribution in [0.4, 0.5) is 0 Å². The summed E-state index contributed by atoms with van der Waals surface area (Å²) in [5.41, 5.74) is 1.12. The molecule has 0 bridgehead atoms. The molecule has 3 nitrogen and oxygen atoms in total. The number of hydrogen-bond acceptors (Lipinski definition) is 3. The van der Waals surface area contributed by atoms with Crippen molar-refractivity contribution in [3.63, 3.8) is 0 Å².